The molecule has 0 saturated carbocycles. The average Bonchev–Trinajstić information content (AvgIpc) is 1.95. The van der Waals surface area contributed by atoms with Crippen molar-refractivity contribution in [1.29, 1.82) is 0 Å². The maximum Gasteiger partial charge on any atom is 0.442 e. The molecule has 0 aromatic rings. The van der Waals surface area contributed by atoms with Gasteiger partial charge in [-0.25, -0.2) is 4.39 Å². The molecular weight excluding hydrogens is 217 g/mol. The van der Waals surface area contributed by atoms with Gasteiger partial charge in [0.05, 0.1) is 5.57 Å². The van der Waals surface area contributed by atoms with Crippen molar-refractivity contribution in [3.8, 4) is 0 Å². The number of hydrogen-bond donors (Lipinski definition) is 0. The molecule has 0 radical (unpaired) electrons. The number of halogens is 7. The Labute approximate surface area is 74.7 Å². The third-order valence-corrected chi connectivity index (χ3v) is 1.19. The van der Waals surface area contributed by atoms with Gasteiger partial charge >= 0.3 is 12.4 Å². The lowest BCUT2D eigenvalue weighted by Crippen LogP contribution is -2.13. The second-order valence-electron chi connectivity index (χ2n) is 2.23. The van der Waals surface area contributed by atoms with Gasteiger partial charge in [0.2, 0.25) is 5.83 Å². The van der Waals surface area contributed by atoms with Gasteiger partial charge in [0.15, 0.2) is 0 Å². The van der Waals surface area contributed by atoms with E-state index in [-0.39, 0.29) is 0 Å². The number of allylic oxidation sites excluding steroid dienone is 4. The van der Waals surface area contributed by atoms with Gasteiger partial charge in [-0.15, -0.1) is 0 Å². The van der Waals surface area contributed by atoms with Gasteiger partial charge in [0.1, 0.15) is 0 Å². The molecule has 0 rings (SSSR count). The van der Waals surface area contributed by atoms with Crippen LogP contribution in [-0.4, -0.2) is 12.4 Å². The lowest BCUT2D eigenvalue weighted by Gasteiger charge is -2.08. The lowest BCUT2D eigenvalue weighted by atomic mass is 10.2. The summed E-state index contributed by atoms with van der Waals surface area (Å²) in [5.41, 5.74) is -1.67. The highest BCUT2D eigenvalue weighted by Crippen LogP contribution is 2.32. The van der Waals surface area contributed by atoms with Crippen LogP contribution < -0.4 is 0 Å². The van der Waals surface area contributed by atoms with Crippen LogP contribution in [-0.2, 0) is 0 Å². The Hall–Kier alpha value is -1.01. The third kappa shape index (κ3) is 3.80. The number of rotatable bonds is 1. The minimum absolute atomic E-state index is 0.353. The molecule has 0 unspecified atom stereocenters. The zero-order valence-corrected chi connectivity index (χ0v) is 6.80. The highest BCUT2D eigenvalue weighted by molar-refractivity contribution is 5.26. The van der Waals surface area contributed by atoms with Crippen LogP contribution in [0.25, 0.3) is 0 Å². The van der Waals surface area contributed by atoms with Crippen LogP contribution in [0.2, 0.25) is 0 Å². The third-order valence-electron chi connectivity index (χ3n) is 1.19. The lowest BCUT2D eigenvalue weighted by molar-refractivity contribution is -0.110. The summed E-state index contributed by atoms with van der Waals surface area (Å²) in [6, 6.07) is 0. The SMILES string of the molecule is CC=C(C=C(F)C(F)(F)F)C(F)(F)F. The minimum atomic E-state index is -5.39. The fraction of sp³-hybridized carbons (Fsp3) is 0.429. The van der Waals surface area contributed by atoms with Crippen molar-refractivity contribution in [2.24, 2.45) is 0 Å². The van der Waals surface area contributed by atoms with Crippen LogP contribution in [0.5, 0.6) is 0 Å². The van der Waals surface area contributed by atoms with Gasteiger partial charge in [0, 0.05) is 0 Å². The van der Waals surface area contributed by atoms with Crippen LogP contribution in [0.3, 0.4) is 0 Å². The first-order valence-electron chi connectivity index (χ1n) is 3.27. The zero-order chi connectivity index (χ0) is 11.6. The first kappa shape index (κ1) is 13.0. The molecule has 0 heterocycles. The first-order valence-corrected chi connectivity index (χ1v) is 3.27. The van der Waals surface area contributed by atoms with Crippen LogP contribution in [0.1, 0.15) is 6.92 Å². The monoisotopic (exact) mass is 222 g/mol. The molecule has 0 atom stereocenters. The fourth-order valence-electron chi connectivity index (χ4n) is 0.547. The molecule has 7 heteroatoms. The number of alkyl halides is 6. The molecule has 0 saturated heterocycles. The summed E-state index contributed by atoms with van der Waals surface area (Å²) < 4.78 is 82.0. The molecule has 0 spiro atoms. The second kappa shape index (κ2) is 4.02. The molecule has 0 nitrogen and oxygen atoms in total. The smallest absolute Gasteiger partial charge is 0.202 e. The average molecular weight is 222 g/mol. The van der Waals surface area contributed by atoms with E-state index in [0.29, 0.717) is 6.08 Å². The first-order chi connectivity index (χ1) is 6.09. The van der Waals surface area contributed by atoms with Crippen molar-refractivity contribution in [3.63, 3.8) is 0 Å². The predicted molar refractivity (Wildman–Crippen MR) is 35.1 cm³/mol. The zero-order valence-electron chi connectivity index (χ0n) is 6.80. The van der Waals surface area contributed by atoms with Crippen LogP contribution in [0, 0.1) is 0 Å². The maximum atomic E-state index is 12.1. The molecular formula is C7H5F7. The van der Waals surface area contributed by atoms with Crippen molar-refractivity contribution >= 4 is 0 Å². The normalized spacial score (nSPS) is 16.0. The summed E-state index contributed by atoms with van der Waals surface area (Å²) >= 11 is 0. The van der Waals surface area contributed by atoms with E-state index in [1.54, 1.807) is 0 Å². The second-order valence-corrected chi connectivity index (χ2v) is 2.23. The highest BCUT2D eigenvalue weighted by atomic mass is 19.4. The van der Waals surface area contributed by atoms with Gasteiger partial charge in [0.25, 0.3) is 0 Å². The summed E-state index contributed by atoms with van der Waals surface area (Å²) in [5, 5.41) is 0. The molecule has 0 aromatic heterocycles. The van der Waals surface area contributed by atoms with E-state index in [1.165, 1.54) is 0 Å². The highest BCUT2D eigenvalue weighted by Gasteiger charge is 2.38. The van der Waals surface area contributed by atoms with E-state index in [4.69, 9.17) is 0 Å². The Morgan fingerprint density at radius 2 is 1.36 bits per heavy atom. The Kier molecular flexibility index (Phi) is 3.73. The Morgan fingerprint density at radius 3 is 1.57 bits per heavy atom. The number of hydrogen-bond acceptors (Lipinski definition) is 0. The Balaban J connectivity index is 4.99. The van der Waals surface area contributed by atoms with Crippen LogP contribution >= 0.6 is 0 Å². The van der Waals surface area contributed by atoms with Gasteiger partial charge in [-0.05, 0) is 13.0 Å². The van der Waals surface area contributed by atoms with Gasteiger partial charge in [-0.2, -0.15) is 26.3 Å². The van der Waals surface area contributed by atoms with Crippen molar-refractivity contribution in [2.45, 2.75) is 19.3 Å². The van der Waals surface area contributed by atoms with Gasteiger partial charge in [-0.3, -0.25) is 0 Å². The molecule has 0 bridgehead atoms. The summed E-state index contributed by atoms with van der Waals surface area (Å²) in [7, 11) is 0. The summed E-state index contributed by atoms with van der Waals surface area (Å²) in [5.74, 6) is -2.78. The Bertz CT molecular complexity index is 252. The molecule has 0 aliphatic carbocycles. The molecule has 0 fully saturated rings. The largest absolute Gasteiger partial charge is 0.442 e. The van der Waals surface area contributed by atoms with E-state index >= 15 is 0 Å². The fourth-order valence-corrected chi connectivity index (χ4v) is 0.547. The van der Waals surface area contributed by atoms with E-state index in [9.17, 15) is 30.7 Å². The minimum Gasteiger partial charge on any atom is -0.202 e. The van der Waals surface area contributed by atoms with Crippen LogP contribution in [0.4, 0.5) is 30.7 Å². The molecule has 0 aromatic carbocycles. The molecule has 0 N–H and O–H groups in total. The predicted octanol–water partition coefficient (Wildman–Crippen LogP) is 3.91. The Morgan fingerprint density at radius 1 is 0.929 bits per heavy atom. The van der Waals surface area contributed by atoms with Gasteiger partial charge in [-0.1, -0.05) is 6.08 Å². The summed E-state index contributed by atoms with van der Waals surface area (Å²) in [6.45, 7) is 0.864. The quantitative estimate of drug-likeness (QED) is 0.466. The van der Waals surface area contributed by atoms with Crippen molar-refractivity contribution < 1.29 is 30.7 Å². The van der Waals surface area contributed by atoms with E-state index < -0.39 is 29.8 Å². The maximum absolute atomic E-state index is 12.1. The van der Waals surface area contributed by atoms with Crippen molar-refractivity contribution in [1.82, 2.24) is 0 Å². The standard InChI is InChI=1S/C7H5F7/c1-2-4(6(9,10)11)3-5(8)7(12,13)14/h2-3H,1H3. The molecule has 14 heavy (non-hydrogen) atoms. The van der Waals surface area contributed by atoms with E-state index in [2.05, 4.69) is 0 Å². The molecule has 0 aliphatic rings. The topological polar surface area (TPSA) is 0 Å². The molecule has 0 amide bonds. The van der Waals surface area contributed by atoms with E-state index in [0.717, 1.165) is 6.92 Å². The molecule has 0 aliphatic heterocycles. The van der Waals surface area contributed by atoms with Crippen molar-refractivity contribution in [2.75, 3.05) is 0 Å². The van der Waals surface area contributed by atoms with E-state index in [1.807, 2.05) is 0 Å². The molecule has 82 valence electrons. The van der Waals surface area contributed by atoms with Gasteiger partial charge < -0.3 is 0 Å². The van der Waals surface area contributed by atoms with Crippen molar-refractivity contribution in [3.05, 3.63) is 23.6 Å². The summed E-state index contributed by atoms with van der Waals surface area (Å²) in [4.78, 5) is 0. The van der Waals surface area contributed by atoms with Crippen LogP contribution in [0.15, 0.2) is 23.6 Å². The summed E-state index contributed by atoms with van der Waals surface area (Å²) in [6.07, 6.45) is -10.6.